The number of nitrogen functional groups attached to an aromatic ring is 1. The average molecular weight is 238 g/mol. The highest BCUT2D eigenvalue weighted by atomic mass is 15.0. The normalized spacial score (nSPS) is 9.83. The smallest absolute Gasteiger partial charge is 0.153 e. The summed E-state index contributed by atoms with van der Waals surface area (Å²) in [6.45, 7) is 4.05. The highest BCUT2D eigenvalue weighted by Gasteiger charge is 2.06. The number of nitrogens with two attached hydrogens (primary N) is 1. The van der Waals surface area contributed by atoms with Crippen LogP contribution < -0.4 is 11.1 Å². The van der Waals surface area contributed by atoms with E-state index in [4.69, 9.17) is 11.0 Å². The van der Waals surface area contributed by atoms with Crippen LogP contribution in [0.5, 0.6) is 0 Å². The van der Waals surface area contributed by atoms with Gasteiger partial charge in [-0.25, -0.2) is 4.98 Å². The Hall–Kier alpha value is -2.54. The Bertz CT molecular complexity index is 606. The molecule has 3 N–H and O–H groups in total. The lowest BCUT2D eigenvalue weighted by atomic mass is 10.1. The topological polar surface area (TPSA) is 74.7 Å². The summed E-state index contributed by atoms with van der Waals surface area (Å²) in [6, 6.07) is 9.68. The molecule has 0 radical (unpaired) electrons. The predicted octanol–water partition coefficient (Wildman–Crippen LogP) is 2.90. The van der Waals surface area contributed by atoms with Gasteiger partial charge >= 0.3 is 0 Å². The lowest BCUT2D eigenvalue weighted by Gasteiger charge is -2.13. The van der Waals surface area contributed by atoms with Gasteiger partial charge < -0.3 is 11.1 Å². The number of nitrogens with one attached hydrogen (secondary N) is 1. The second kappa shape index (κ2) is 4.76. The van der Waals surface area contributed by atoms with E-state index in [1.807, 2.05) is 38.1 Å². The minimum absolute atomic E-state index is 0.458. The Morgan fingerprint density at radius 3 is 2.50 bits per heavy atom. The number of hydrogen-bond donors (Lipinski definition) is 2. The van der Waals surface area contributed by atoms with Crippen LogP contribution >= 0.6 is 0 Å². The summed E-state index contributed by atoms with van der Waals surface area (Å²) < 4.78 is 0. The van der Waals surface area contributed by atoms with Gasteiger partial charge in [0.05, 0.1) is 11.3 Å². The molecule has 0 spiro atoms. The summed E-state index contributed by atoms with van der Waals surface area (Å²) in [4.78, 5) is 4.17. The number of nitriles is 1. The maximum absolute atomic E-state index is 8.76. The van der Waals surface area contributed by atoms with Gasteiger partial charge in [-0.05, 0) is 31.0 Å². The van der Waals surface area contributed by atoms with Crippen LogP contribution in [0.2, 0.25) is 0 Å². The third-order valence-corrected chi connectivity index (χ3v) is 2.77. The van der Waals surface area contributed by atoms with Crippen molar-refractivity contribution in [3.63, 3.8) is 0 Å². The maximum atomic E-state index is 8.76. The Labute approximate surface area is 106 Å². The zero-order valence-electron chi connectivity index (χ0n) is 10.4. The number of pyridine rings is 1. The summed E-state index contributed by atoms with van der Waals surface area (Å²) in [7, 11) is 0. The molecule has 0 atom stereocenters. The van der Waals surface area contributed by atoms with Crippen molar-refractivity contribution >= 4 is 17.2 Å². The highest BCUT2D eigenvalue weighted by Crippen LogP contribution is 2.26. The number of hydrogen-bond acceptors (Lipinski definition) is 4. The molecule has 0 bridgehead atoms. The molecule has 4 heteroatoms. The van der Waals surface area contributed by atoms with E-state index in [9.17, 15) is 0 Å². The monoisotopic (exact) mass is 238 g/mol. The largest absolute Gasteiger partial charge is 0.396 e. The molecule has 0 amide bonds. The van der Waals surface area contributed by atoms with Crippen LogP contribution in [0.15, 0.2) is 30.5 Å². The van der Waals surface area contributed by atoms with Crippen LogP contribution in [0.4, 0.5) is 17.2 Å². The van der Waals surface area contributed by atoms with Crippen molar-refractivity contribution in [1.82, 2.24) is 4.98 Å². The van der Waals surface area contributed by atoms with Gasteiger partial charge in [0.25, 0.3) is 0 Å². The average Bonchev–Trinajstić information content (AvgIpc) is 2.35. The van der Waals surface area contributed by atoms with Gasteiger partial charge in [0.15, 0.2) is 5.82 Å². The first-order chi connectivity index (χ1) is 8.61. The van der Waals surface area contributed by atoms with Crippen molar-refractivity contribution in [3.8, 4) is 6.07 Å². The predicted molar refractivity (Wildman–Crippen MR) is 72.6 cm³/mol. The van der Waals surface area contributed by atoms with Gasteiger partial charge in [-0.2, -0.15) is 5.26 Å². The van der Waals surface area contributed by atoms with Gasteiger partial charge in [-0.3, -0.25) is 0 Å². The van der Waals surface area contributed by atoms with Gasteiger partial charge in [0.1, 0.15) is 6.07 Å². The Balaban J connectivity index is 2.38. The molecule has 0 saturated heterocycles. The molecule has 90 valence electrons. The third-order valence-electron chi connectivity index (χ3n) is 2.77. The van der Waals surface area contributed by atoms with Crippen LogP contribution in [-0.2, 0) is 0 Å². The minimum Gasteiger partial charge on any atom is -0.396 e. The van der Waals surface area contributed by atoms with E-state index in [-0.39, 0.29) is 0 Å². The number of para-hydroxylation sites is 1. The van der Waals surface area contributed by atoms with Crippen molar-refractivity contribution in [1.29, 1.82) is 5.26 Å². The first-order valence-electron chi connectivity index (χ1n) is 5.60. The van der Waals surface area contributed by atoms with Crippen molar-refractivity contribution in [3.05, 3.63) is 47.2 Å². The maximum Gasteiger partial charge on any atom is 0.153 e. The molecule has 2 rings (SSSR count). The van der Waals surface area contributed by atoms with E-state index in [0.717, 1.165) is 16.8 Å². The minimum atomic E-state index is 0.458. The fourth-order valence-corrected chi connectivity index (χ4v) is 1.78. The third kappa shape index (κ3) is 2.25. The number of aromatic nitrogens is 1. The van der Waals surface area contributed by atoms with Crippen molar-refractivity contribution in [2.75, 3.05) is 11.1 Å². The van der Waals surface area contributed by atoms with Gasteiger partial charge in [-0.15, -0.1) is 0 Å². The second-order valence-electron chi connectivity index (χ2n) is 4.17. The zero-order valence-corrected chi connectivity index (χ0v) is 10.4. The Kier molecular flexibility index (Phi) is 3.16. The molecule has 0 saturated carbocycles. The van der Waals surface area contributed by atoms with E-state index in [0.29, 0.717) is 17.1 Å². The van der Waals surface area contributed by atoms with Gasteiger partial charge in [0.2, 0.25) is 0 Å². The SMILES string of the molecule is Cc1cccc(C)c1Nc1ncc(C#N)cc1N. The number of benzene rings is 1. The summed E-state index contributed by atoms with van der Waals surface area (Å²) in [6.07, 6.45) is 1.51. The van der Waals surface area contributed by atoms with Crippen LogP contribution in [-0.4, -0.2) is 4.98 Å². The summed E-state index contributed by atoms with van der Waals surface area (Å²) >= 11 is 0. The molecule has 0 aliphatic carbocycles. The van der Waals surface area contributed by atoms with Crippen molar-refractivity contribution < 1.29 is 0 Å². The quantitative estimate of drug-likeness (QED) is 0.843. The molecule has 0 aliphatic rings. The molecular weight excluding hydrogens is 224 g/mol. The number of anilines is 3. The number of nitrogens with zero attached hydrogens (tertiary/aromatic N) is 2. The van der Waals surface area contributed by atoms with E-state index in [1.165, 1.54) is 6.20 Å². The molecule has 4 nitrogen and oxygen atoms in total. The van der Waals surface area contributed by atoms with E-state index < -0.39 is 0 Å². The van der Waals surface area contributed by atoms with E-state index in [2.05, 4.69) is 10.3 Å². The van der Waals surface area contributed by atoms with Crippen molar-refractivity contribution in [2.45, 2.75) is 13.8 Å². The summed E-state index contributed by atoms with van der Waals surface area (Å²) in [5.41, 5.74) is 10.0. The first-order valence-corrected chi connectivity index (χ1v) is 5.60. The molecule has 0 aliphatic heterocycles. The van der Waals surface area contributed by atoms with Gasteiger partial charge in [0, 0.05) is 11.9 Å². The number of rotatable bonds is 2. The van der Waals surface area contributed by atoms with Crippen LogP contribution in [0.25, 0.3) is 0 Å². The van der Waals surface area contributed by atoms with Gasteiger partial charge in [-0.1, -0.05) is 18.2 Å². The fraction of sp³-hybridized carbons (Fsp3) is 0.143. The standard InChI is InChI=1S/C14H14N4/c1-9-4-3-5-10(2)13(9)18-14-12(16)6-11(7-15)8-17-14/h3-6,8H,16H2,1-2H3,(H,17,18). The van der Waals surface area contributed by atoms with Crippen LogP contribution in [0.3, 0.4) is 0 Å². The van der Waals surface area contributed by atoms with E-state index >= 15 is 0 Å². The lowest BCUT2D eigenvalue weighted by Crippen LogP contribution is -2.02. The Morgan fingerprint density at radius 2 is 1.94 bits per heavy atom. The van der Waals surface area contributed by atoms with Crippen LogP contribution in [0.1, 0.15) is 16.7 Å². The molecular formula is C14H14N4. The fourth-order valence-electron chi connectivity index (χ4n) is 1.78. The van der Waals surface area contributed by atoms with E-state index in [1.54, 1.807) is 6.07 Å². The van der Waals surface area contributed by atoms with Crippen LogP contribution in [0, 0.1) is 25.2 Å². The molecule has 1 heterocycles. The molecule has 0 unspecified atom stereocenters. The second-order valence-corrected chi connectivity index (χ2v) is 4.17. The molecule has 2 aromatic rings. The van der Waals surface area contributed by atoms with Crippen molar-refractivity contribution in [2.24, 2.45) is 0 Å². The molecule has 1 aromatic heterocycles. The Morgan fingerprint density at radius 1 is 1.28 bits per heavy atom. The summed E-state index contributed by atoms with van der Waals surface area (Å²) in [5.74, 6) is 0.575. The zero-order chi connectivity index (χ0) is 13.1. The molecule has 0 fully saturated rings. The highest BCUT2D eigenvalue weighted by molar-refractivity contribution is 5.72. The lowest BCUT2D eigenvalue weighted by molar-refractivity contribution is 1.27. The molecule has 1 aromatic carbocycles. The molecule has 18 heavy (non-hydrogen) atoms. The summed E-state index contributed by atoms with van der Waals surface area (Å²) in [5, 5.41) is 12.0. The number of aryl methyl sites for hydroxylation is 2. The first kappa shape index (κ1) is 11.9.